The molecule has 0 aliphatic rings. The van der Waals surface area contributed by atoms with Gasteiger partial charge < -0.3 is 15.8 Å². The van der Waals surface area contributed by atoms with E-state index in [-0.39, 0.29) is 18.3 Å². The van der Waals surface area contributed by atoms with Crippen molar-refractivity contribution in [1.29, 1.82) is 0 Å². The first-order valence-electron chi connectivity index (χ1n) is 9.67. The average molecular weight is 430 g/mol. The summed E-state index contributed by atoms with van der Waals surface area (Å²) >= 11 is 0. The van der Waals surface area contributed by atoms with Crippen LogP contribution in [0.1, 0.15) is 43.6 Å². The number of benzene rings is 2. The van der Waals surface area contributed by atoms with Crippen molar-refractivity contribution in [2.45, 2.75) is 46.3 Å². The fraction of sp³-hybridized carbons (Fsp3) is 0.318. The van der Waals surface area contributed by atoms with Gasteiger partial charge in [-0.15, -0.1) is 12.4 Å². The van der Waals surface area contributed by atoms with Crippen LogP contribution >= 0.6 is 12.4 Å². The summed E-state index contributed by atoms with van der Waals surface area (Å²) in [6.45, 7) is 8.41. The Morgan fingerprint density at radius 3 is 2.43 bits per heavy atom. The van der Waals surface area contributed by atoms with Gasteiger partial charge in [-0.2, -0.15) is 5.10 Å². The molecule has 0 saturated carbocycles. The van der Waals surface area contributed by atoms with Crippen LogP contribution in [-0.2, 0) is 11.3 Å². The number of H-pyrrole nitrogens is 1. The number of hydrogen-bond acceptors (Lipinski definition) is 5. The van der Waals surface area contributed by atoms with Gasteiger partial charge in [0.1, 0.15) is 11.6 Å². The van der Waals surface area contributed by atoms with Gasteiger partial charge in [0.05, 0.1) is 6.54 Å². The molecule has 0 spiro atoms. The highest BCUT2D eigenvalue weighted by atomic mass is 35.5. The Hall–Kier alpha value is -2.90. The number of rotatable bonds is 7. The van der Waals surface area contributed by atoms with E-state index in [0.29, 0.717) is 35.5 Å². The third kappa shape index (κ3) is 5.58. The third-order valence-electron chi connectivity index (χ3n) is 4.68. The van der Waals surface area contributed by atoms with Gasteiger partial charge in [-0.05, 0) is 67.3 Å². The minimum Gasteiger partial charge on any atom is -0.481 e. The predicted molar refractivity (Wildman–Crippen MR) is 121 cm³/mol. The molecule has 1 heterocycles. The van der Waals surface area contributed by atoms with E-state index in [1.165, 1.54) is 5.56 Å². The van der Waals surface area contributed by atoms with E-state index < -0.39 is 6.10 Å². The fourth-order valence-electron chi connectivity index (χ4n) is 3.09. The lowest BCUT2D eigenvalue weighted by Gasteiger charge is -2.17. The topological polar surface area (TPSA) is 106 Å². The second-order valence-electron chi connectivity index (χ2n) is 7.31. The number of aromatic nitrogens is 3. The number of nitrogens with two attached hydrogens (primary N) is 1. The second-order valence-corrected chi connectivity index (χ2v) is 7.31. The van der Waals surface area contributed by atoms with E-state index in [4.69, 9.17) is 10.5 Å². The SMILES string of the molecule is Cc1cc(OC(C)C(=O)Nc2ccc(-c3n[nH]c(CN)n3)cc2)ccc1C(C)C.Cl. The Morgan fingerprint density at radius 2 is 1.87 bits per heavy atom. The predicted octanol–water partition coefficient (Wildman–Crippen LogP) is 4.19. The molecule has 3 aromatic rings. The molecule has 3 rings (SSSR count). The lowest BCUT2D eigenvalue weighted by Crippen LogP contribution is -2.30. The molecule has 1 amide bonds. The molecular formula is C22H28ClN5O2. The van der Waals surface area contributed by atoms with E-state index in [1.807, 2.05) is 24.3 Å². The number of aryl methyl sites for hydroxylation is 1. The molecule has 0 aliphatic carbocycles. The summed E-state index contributed by atoms with van der Waals surface area (Å²) in [4.78, 5) is 16.8. The van der Waals surface area contributed by atoms with Gasteiger partial charge >= 0.3 is 0 Å². The van der Waals surface area contributed by atoms with E-state index in [1.54, 1.807) is 19.1 Å². The average Bonchev–Trinajstić information content (AvgIpc) is 3.17. The van der Waals surface area contributed by atoms with Gasteiger partial charge in [0.2, 0.25) is 0 Å². The molecule has 1 atom stereocenters. The first kappa shape index (κ1) is 23.4. The summed E-state index contributed by atoms with van der Waals surface area (Å²) < 4.78 is 5.82. The van der Waals surface area contributed by atoms with Crippen molar-refractivity contribution in [1.82, 2.24) is 15.2 Å². The van der Waals surface area contributed by atoms with Crippen molar-refractivity contribution in [3.63, 3.8) is 0 Å². The summed E-state index contributed by atoms with van der Waals surface area (Å²) in [5, 5.41) is 9.77. The lowest BCUT2D eigenvalue weighted by molar-refractivity contribution is -0.122. The standard InChI is InChI=1S/C22H27N5O2.ClH/c1-13(2)19-10-9-18(11-14(19)3)29-15(4)22(28)24-17-7-5-16(6-8-17)21-25-20(12-23)26-27-21;/h5-11,13,15H,12,23H2,1-4H3,(H,24,28)(H,25,26,27);1H. The van der Waals surface area contributed by atoms with Gasteiger partial charge in [-0.25, -0.2) is 4.98 Å². The molecule has 0 saturated heterocycles. The van der Waals surface area contributed by atoms with Gasteiger partial charge in [-0.1, -0.05) is 19.9 Å². The largest absolute Gasteiger partial charge is 0.481 e. The minimum absolute atomic E-state index is 0. The van der Waals surface area contributed by atoms with Crippen LogP contribution < -0.4 is 15.8 Å². The number of halogens is 1. The number of nitrogens with zero attached hydrogens (tertiary/aromatic N) is 2. The number of aromatic amines is 1. The van der Waals surface area contributed by atoms with Crippen LogP contribution in [-0.4, -0.2) is 27.2 Å². The zero-order valence-corrected chi connectivity index (χ0v) is 18.4. The Kier molecular flexibility index (Phi) is 7.97. The Morgan fingerprint density at radius 1 is 1.17 bits per heavy atom. The summed E-state index contributed by atoms with van der Waals surface area (Å²) in [7, 11) is 0. The summed E-state index contributed by atoms with van der Waals surface area (Å²) in [5.74, 6) is 2.11. The molecule has 0 fully saturated rings. The fourth-order valence-corrected chi connectivity index (χ4v) is 3.09. The highest BCUT2D eigenvalue weighted by Gasteiger charge is 2.16. The van der Waals surface area contributed by atoms with Crippen LogP contribution in [0.5, 0.6) is 5.75 Å². The van der Waals surface area contributed by atoms with Gasteiger partial charge in [0.15, 0.2) is 11.9 Å². The van der Waals surface area contributed by atoms with Crippen molar-refractivity contribution >= 4 is 24.0 Å². The molecular weight excluding hydrogens is 402 g/mol. The molecule has 30 heavy (non-hydrogen) atoms. The maximum absolute atomic E-state index is 12.5. The quantitative estimate of drug-likeness (QED) is 0.522. The highest BCUT2D eigenvalue weighted by molar-refractivity contribution is 5.94. The first-order valence-corrected chi connectivity index (χ1v) is 9.67. The summed E-state index contributed by atoms with van der Waals surface area (Å²) in [6, 6.07) is 13.2. The number of nitrogens with one attached hydrogen (secondary N) is 2. The van der Waals surface area contributed by atoms with E-state index in [0.717, 1.165) is 11.1 Å². The number of ether oxygens (including phenoxy) is 1. The van der Waals surface area contributed by atoms with E-state index in [2.05, 4.69) is 47.3 Å². The van der Waals surface area contributed by atoms with Crippen molar-refractivity contribution in [2.24, 2.45) is 5.73 Å². The number of anilines is 1. The zero-order chi connectivity index (χ0) is 21.0. The molecule has 160 valence electrons. The van der Waals surface area contributed by atoms with Crippen LogP contribution in [0.3, 0.4) is 0 Å². The maximum atomic E-state index is 12.5. The Labute approximate surface area is 182 Å². The Bertz CT molecular complexity index is 985. The molecule has 8 heteroatoms. The smallest absolute Gasteiger partial charge is 0.265 e. The number of carbonyl (C=O) groups is 1. The van der Waals surface area contributed by atoms with Gasteiger partial charge in [0.25, 0.3) is 5.91 Å². The highest BCUT2D eigenvalue weighted by Crippen LogP contribution is 2.24. The molecule has 4 N–H and O–H groups in total. The third-order valence-corrected chi connectivity index (χ3v) is 4.68. The van der Waals surface area contributed by atoms with Crippen LogP contribution in [0.15, 0.2) is 42.5 Å². The van der Waals surface area contributed by atoms with Crippen molar-refractivity contribution in [3.8, 4) is 17.1 Å². The summed E-state index contributed by atoms with van der Waals surface area (Å²) in [6.07, 6.45) is -0.626. The lowest BCUT2D eigenvalue weighted by atomic mass is 9.98. The molecule has 0 bridgehead atoms. The van der Waals surface area contributed by atoms with Gasteiger partial charge in [0, 0.05) is 11.3 Å². The zero-order valence-electron chi connectivity index (χ0n) is 17.6. The van der Waals surface area contributed by atoms with Crippen molar-refractivity contribution < 1.29 is 9.53 Å². The molecule has 0 aliphatic heterocycles. The maximum Gasteiger partial charge on any atom is 0.265 e. The molecule has 1 aromatic heterocycles. The van der Waals surface area contributed by atoms with Crippen LogP contribution in [0.25, 0.3) is 11.4 Å². The van der Waals surface area contributed by atoms with Crippen LogP contribution in [0.2, 0.25) is 0 Å². The molecule has 7 nitrogen and oxygen atoms in total. The van der Waals surface area contributed by atoms with Gasteiger partial charge in [-0.3, -0.25) is 9.89 Å². The second kappa shape index (κ2) is 10.2. The summed E-state index contributed by atoms with van der Waals surface area (Å²) in [5.41, 5.74) is 9.49. The number of carbonyl (C=O) groups excluding carboxylic acids is 1. The monoisotopic (exact) mass is 429 g/mol. The van der Waals surface area contributed by atoms with Crippen LogP contribution in [0.4, 0.5) is 5.69 Å². The van der Waals surface area contributed by atoms with Crippen LogP contribution in [0, 0.1) is 6.92 Å². The van der Waals surface area contributed by atoms with Crippen molar-refractivity contribution in [3.05, 3.63) is 59.4 Å². The Balaban J connectivity index is 0.00000320. The molecule has 0 radical (unpaired) electrons. The van der Waals surface area contributed by atoms with Crippen molar-refractivity contribution in [2.75, 3.05) is 5.32 Å². The molecule has 1 unspecified atom stereocenters. The normalized spacial score (nSPS) is 11.7. The number of amides is 1. The molecule has 2 aromatic carbocycles. The first-order chi connectivity index (χ1) is 13.9. The number of hydrogen-bond donors (Lipinski definition) is 3. The van der Waals surface area contributed by atoms with E-state index in [9.17, 15) is 4.79 Å². The minimum atomic E-state index is -0.626. The van der Waals surface area contributed by atoms with E-state index >= 15 is 0 Å².